The van der Waals surface area contributed by atoms with Crippen LogP contribution in [0.15, 0.2) is 48.8 Å². The van der Waals surface area contributed by atoms with Crippen molar-refractivity contribution < 1.29 is 14.3 Å². The van der Waals surface area contributed by atoms with Gasteiger partial charge in [-0.25, -0.2) is 4.79 Å². The molecule has 2 bridgehead atoms. The highest BCUT2D eigenvalue weighted by atomic mass is 16.6. The van der Waals surface area contributed by atoms with Crippen LogP contribution >= 0.6 is 0 Å². The third-order valence-corrected chi connectivity index (χ3v) is 9.74. The Morgan fingerprint density at radius 1 is 1.24 bits per heavy atom. The Bertz CT molecular complexity index is 1240. The van der Waals surface area contributed by atoms with E-state index in [9.17, 15) is 4.79 Å². The number of pyridine rings is 1. The molecule has 6 aliphatic rings. The second-order valence-corrected chi connectivity index (χ2v) is 11.1. The number of hydrogen-bond donors (Lipinski definition) is 0. The van der Waals surface area contributed by atoms with E-state index in [0.29, 0.717) is 30.5 Å². The van der Waals surface area contributed by atoms with Gasteiger partial charge < -0.3 is 14.4 Å². The number of likely N-dealkylation sites (N-methyl/N-ethyl adjacent to an activating group) is 1. The number of rotatable bonds is 2. The number of aromatic nitrogens is 1. The van der Waals surface area contributed by atoms with Gasteiger partial charge in [-0.05, 0) is 62.1 Å². The summed E-state index contributed by atoms with van der Waals surface area (Å²) < 4.78 is 13.0. The molecule has 0 saturated carbocycles. The molecule has 6 heteroatoms. The largest absolute Gasteiger partial charge is 0.485 e. The van der Waals surface area contributed by atoms with Gasteiger partial charge in [-0.1, -0.05) is 24.3 Å². The number of ether oxygens (including phenoxy) is 2. The normalized spacial score (nSPS) is 41.6. The molecule has 0 radical (unpaired) electrons. The summed E-state index contributed by atoms with van der Waals surface area (Å²) in [5, 5.41) is 0. The van der Waals surface area contributed by atoms with Crippen LogP contribution in [0.2, 0.25) is 0 Å². The monoisotopic (exact) mass is 455 g/mol. The molecule has 2 saturated heterocycles. The predicted octanol–water partition coefficient (Wildman–Crippen LogP) is 4.10. The Morgan fingerprint density at radius 2 is 2.15 bits per heavy atom. The van der Waals surface area contributed by atoms with Crippen molar-refractivity contribution in [2.24, 2.45) is 5.92 Å². The van der Waals surface area contributed by atoms with Gasteiger partial charge in [0, 0.05) is 53.8 Å². The molecule has 1 spiro atoms. The van der Waals surface area contributed by atoms with Gasteiger partial charge in [0.05, 0.1) is 6.04 Å². The lowest BCUT2D eigenvalue weighted by molar-refractivity contribution is -0.0232. The van der Waals surface area contributed by atoms with E-state index in [2.05, 4.69) is 54.2 Å². The number of nitrogens with zero attached hydrogens (tertiary/aromatic N) is 3. The van der Waals surface area contributed by atoms with Crippen LogP contribution in [0.1, 0.15) is 53.5 Å². The second-order valence-electron chi connectivity index (χ2n) is 11.1. The first-order valence-corrected chi connectivity index (χ1v) is 12.7. The molecule has 2 fully saturated rings. The molecule has 8 rings (SSSR count). The van der Waals surface area contributed by atoms with Crippen molar-refractivity contribution in [3.63, 3.8) is 0 Å². The van der Waals surface area contributed by atoms with Crippen LogP contribution in [0.5, 0.6) is 5.75 Å². The second kappa shape index (κ2) is 6.42. The van der Waals surface area contributed by atoms with E-state index in [1.165, 1.54) is 16.7 Å². The summed E-state index contributed by atoms with van der Waals surface area (Å²) in [4.78, 5) is 22.2. The van der Waals surface area contributed by atoms with Crippen molar-refractivity contribution in [3.8, 4) is 5.75 Å². The molecule has 2 unspecified atom stereocenters. The third kappa shape index (κ3) is 2.21. The lowest BCUT2D eigenvalue weighted by atomic mass is 9.59. The summed E-state index contributed by atoms with van der Waals surface area (Å²) in [5.74, 6) is 2.03. The Labute approximate surface area is 199 Å². The molecule has 1 amide bonds. The van der Waals surface area contributed by atoms with Crippen LogP contribution < -0.4 is 4.74 Å². The van der Waals surface area contributed by atoms with E-state index in [1.807, 2.05) is 17.2 Å². The molecule has 9 atom stereocenters. The Kier molecular flexibility index (Phi) is 3.67. The maximum atomic E-state index is 13.5. The van der Waals surface area contributed by atoms with Gasteiger partial charge in [0.25, 0.3) is 0 Å². The summed E-state index contributed by atoms with van der Waals surface area (Å²) in [6.07, 6.45) is 10.4. The molecule has 3 aliphatic heterocycles. The summed E-state index contributed by atoms with van der Waals surface area (Å²) >= 11 is 0. The number of hydrogen-bond acceptors (Lipinski definition) is 5. The molecule has 3 aliphatic carbocycles. The predicted molar refractivity (Wildman–Crippen MR) is 126 cm³/mol. The standard InChI is InChI=1S/C28H29N3O3/c1-15-7-8-17-18-13-28-19(24-23(18)30(24)2)9-10-21(26(28)34-25(15)22(17)28)33-27(32)31-12-4-6-20(31)16-5-3-11-29-14-16/h3,5,7-11,14,18-21,23-24,26H,4,6,12-13H2,1-2H3/t18?,19-,20-,21-,23+,24-,26-,28-,30?/m0/s1. The average molecular weight is 456 g/mol. The summed E-state index contributed by atoms with van der Waals surface area (Å²) in [6, 6.07) is 9.76. The fraction of sp³-hybridized carbons (Fsp3) is 0.500. The number of carbonyl (C=O) groups excluding carboxylic acids is 1. The summed E-state index contributed by atoms with van der Waals surface area (Å²) in [7, 11) is 2.26. The maximum Gasteiger partial charge on any atom is 0.411 e. The average Bonchev–Trinajstić information content (AvgIpc) is 3.20. The minimum Gasteiger partial charge on any atom is -0.485 e. The van der Waals surface area contributed by atoms with Crippen molar-refractivity contribution >= 4 is 6.09 Å². The highest BCUT2D eigenvalue weighted by Gasteiger charge is 2.74. The fourth-order valence-electron chi connectivity index (χ4n) is 8.35. The molecule has 6 nitrogen and oxygen atoms in total. The Balaban J connectivity index is 1.15. The summed E-state index contributed by atoms with van der Waals surface area (Å²) in [5.41, 5.74) is 5.08. The van der Waals surface area contributed by atoms with Crippen LogP contribution in [0.4, 0.5) is 4.79 Å². The van der Waals surface area contributed by atoms with Crippen molar-refractivity contribution in [3.05, 3.63) is 71.1 Å². The van der Waals surface area contributed by atoms with E-state index in [-0.39, 0.29) is 29.8 Å². The third-order valence-electron chi connectivity index (χ3n) is 9.74. The smallest absolute Gasteiger partial charge is 0.411 e. The van der Waals surface area contributed by atoms with Crippen molar-refractivity contribution in [1.82, 2.24) is 14.8 Å². The quantitative estimate of drug-likeness (QED) is 0.504. The van der Waals surface area contributed by atoms with Gasteiger partial charge in [0.15, 0.2) is 6.10 Å². The van der Waals surface area contributed by atoms with E-state index in [1.54, 1.807) is 6.20 Å². The first kappa shape index (κ1) is 19.4. The van der Waals surface area contributed by atoms with Gasteiger partial charge in [-0.15, -0.1) is 0 Å². The SMILES string of the molecule is Cc1ccc2c3c1O[C@H]1[C@@H](OC(=O)N4CCC[C@H]4c4cccnc4)C=C[C@H]4[C@H]5[C@@H](C2C[C@@]341)N5C. The van der Waals surface area contributed by atoms with Crippen LogP contribution in [0.25, 0.3) is 0 Å². The highest BCUT2D eigenvalue weighted by molar-refractivity contribution is 5.70. The molecule has 4 heterocycles. The molecule has 34 heavy (non-hydrogen) atoms. The van der Waals surface area contributed by atoms with Crippen LogP contribution in [0.3, 0.4) is 0 Å². The molecule has 1 aromatic heterocycles. The Morgan fingerprint density at radius 3 is 3.00 bits per heavy atom. The van der Waals surface area contributed by atoms with E-state index in [4.69, 9.17) is 9.47 Å². The Hall–Kier alpha value is -2.86. The molecule has 0 N–H and O–H groups in total. The number of fused-ring (bicyclic) bond motifs is 3. The molecule has 1 aromatic carbocycles. The van der Waals surface area contributed by atoms with Crippen LogP contribution in [-0.2, 0) is 10.2 Å². The minimum atomic E-state index is -0.377. The minimum absolute atomic E-state index is 0.0293. The first-order chi connectivity index (χ1) is 16.6. The lowest BCUT2D eigenvalue weighted by Crippen LogP contribution is -2.56. The fourth-order valence-corrected chi connectivity index (χ4v) is 8.35. The highest BCUT2D eigenvalue weighted by Crippen LogP contribution is 2.71. The van der Waals surface area contributed by atoms with Crippen molar-refractivity contribution in [1.29, 1.82) is 0 Å². The van der Waals surface area contributed by atoms with E-state index >= 15 is 0 Å². The number of carbonyl (C=O) groups is 1. The first-order valence-electron chi connectivity index (χ1n) is 12.7. The number of benzene rings is 1. The molecular weight excluding hydrogens is 426 g/mol. The maximum absolute atomic E-state index is 13.5. The van der Waals surface area contributed by atoms with E-state index in [0.717, 1.165) is 30.6 Å². The number of likely N-dealkylation sites (tertiary alicyclic amines) is 2. The summed E-state index contributed by atoms with van der Waals surface area (Å²) in [6.45, 7) is 2.86. The number of aryl methyl sites for hydroxylation is 1. The van der Waals surface area contributed by atoms with Gasteiger partial charge in [0.2, 0.25) is 0 Å². The van der Waals surface area contributed by atoms with Crippen molar-refractivity contribution in [2.75, 3.05) is 13.6 Å². The van der Waals surface area contributed by atoms with Crippen LogP contribution in [0, 0.1) is 12.8 Å². The molecule has 174 valence electrons. The van der Waals surface area contributed by atoms with Gasteiger partial charge in [0.1, 0.15) is 11.9 Å². The zero-order chi connectivity index (χ0) is 22.8. The lowest BCUT2D eigenvalue weighted by Gasteiger charge is -2.45. The number of amides is 1. The molecule has 2 aromatic rings. The zero-order valence-corrected chi connectivity index (χ0v) is 19.6. The van der Waals surface area contributed by atoms with Gasteiger partial charge in [-0.2, -0.15) is 0 Å². The topological polar surface area (TPSA) is 54.7 Å². The molecular formula is C28H29N3O3. The van der Waals surface area contributed by atoms with Crippen LogP contribution in [-0.4, -0.2) is 58.8 Å². The van der Waals surface area contributed by atoms with Crippen molar-refractivity contribution in [2.45, 2.75) is 67.9 Å². The zero-order valence-electron chi connectivity index (χ0n) is 19.6. The van der Waals surface area contributed by atoms with Gasteiger partial charge >= 0.3 is 6.09 Å². The van der Waals surface area contributed by atoms with Gasteiger partial charge in [-0.3, -0.25) is 9.88 Å². The van der Waals surface area contributed by atoms with E-state index < -0.39 is 0 Å².